The SMILES string of the molecule is CN1CC[C@@H](NC(=O)C2(c3ccc(-c4cccc(F)c4F)nc3)CCN(c3ccc(C(F)(F)F)cc3C#N)CC2)C1. The number of carbonyl (C=O) groups is 1. The second-order valence-corrected chi connectivity index (χ2v) is 10.7. The smallest absolute Gasteiger partial charge is 0.370 e. The van der Waals surface area contributed by atoms with E-state index in [0.29, 0.717) is 43.7 Å². The van der Waals surface area contributed by atoms with Gasteiger partial charge in [0.1, 0.15) is 6.07 Å². The number of likely N-dealkylation sites (tertiary alicyclic amines) is 1. The summed E-state index contributed by atoms with van der Waals surface area (Å²) in [6, 6.07) is 12.0. The number of anilines is 1. The fourth-order valence-corrected chi connectivity index (χ4v) is 5.77. The van der Waals surface area contributed by atoms with E-state index in [1.807, 2.05) is 18.0 Å². The number of likely N-dealkylation sites (N-methyl/N-ethyl adjacent to an activating group) is 1. The molecule has 0 bridgehead atoms. The van der Waals surface area contributed by atoms with Crippen molar-refractivity contribution in [3.63, 3.8) is 0 Å². The number of hydrogen-bond acceptors (Lipinski definition) is 5. The summed E-state index contributed by atoms with van der Waals surface area (Å²) in [7, 11) is 1.98. The summed E-state index contributed by atoms with van der Waals surface area (Å²) in [6.45, 7) is 2.17. The van der Waals surface area contributed by atoms with E-state index in [4.69, 9.17) is 0 Å². The standard InChI is InChI=1S/C30H28F5N5O/c1-39-12-9-22(18-39)38-28(41)29(21-5-7-25(37-17-21)23-3-2-4-24(31)27(23)32)10-13-40(14-11-29)26-8-6-20(30(33,34)35)15-19(26)16-36/h2-8,15,17,22H,9-14,18H2,1H3,(H,38,41)/t22-/m1/s1. The first-order valence-corrected chi connectivity index (χ1v) is 13.3. The van der Waals surface area contributed by atoms with Gasteiger partial charge in [-0.05, 0) is 74.8 Å². The Morgan fingerprint density at radius 3 is 2.46 bits per heavy atom. The molecule has 5 rings (SSSR count). The van der Waals surface area contributed by atoms with Crippen molar-refractivity contribution in [2.75, 3.05) is 38.1 Å². The number of amides is 1. The molecule has 6 nitrogen and oxygen atoms in total. The number of hydrogen-bond donors (Lipinski definition) is 1. The Kier molecular flexibility index (Phi) is 7.70. The topological polar surface area (TPSA) is 72.3 Å². The van der Waals surface area contributed by atoms with Crippen LogP contribution in [0, 0.1) is 23.0 Å². The first-order valence-electron chi connectivity index (χ1n) is 13.3. The minimum absolute atomic E-state index is 0.00482. The van der Waals surface area contributed by atoms with E-state index in [9.17, 15) is 32.0 Å². The number of aromatic nitrogens is 1. The zero-order valence-electron chi connectivity index (χ0n) is 22.3. The molecule has 0 spiro atoms. The summed E-state index contributed by atoms with van der Waals surface area (Å²) in [5, 5.41) is 12.7. The van der Waals surface area contributed by atoms with Crippen molar-refractivity contribution >= 4 is 11.6 Å². The number of alkyl halides is 3. The van der Waals surface area contributed by atoms with E-state index in [2.05, 4.69) is 15.2 Å². The number of nitrogens with one attached hydrogen (secondary N) is 1. The van der Waals surface area contributed by atoms with Crippen LogP contribution in [-0.4, -0.2) is 55.1 Å². The summed E-state index contributed by atoms with van der Waals surface area (Å²) in [5.41, 5.74) is -0.788. The predicted molar refractivity (Wildman–Crippen MR) is 143 cm³/mol. The third kappa shape index (κ3) is 5.61. The lowest BCUT2D eigenvalue weighted by Crippen LogP contribution is -2.54. The van der Waals surface area contributed by atoms with Gasteiger partial charge in [-0.15, -0.1) is 0 Å². The van der Waals surface area contributed by atoms with Gasteiger partial charge in [0.25, 0.3) is 0 Å². The van der Waals surface area contributed by atoms with Crippen LogP contribution >= 0.6 is 0 Å². The van der Waals surface area contributed by atoms with Gasteiger partial charge in [0, 0.05) is 37.4 Å². The van der Waals surface area contributed by atoms with Gasteiger partial charge in [-0.2, -0.15) is 18.4 Å². The summed E-state index contributed by atoms with van der Waals surface area (Å²) < 4.78 is 67.8. The molecule has 0 saturated carbocycles. The average Bonchev–Trinajstić information content (AvgIpc) is 3.38. The van der Waals surface area contributed by atoms with Crippen molar-refractivity contribution in [2.45, 2.75) is 36.9 Å². The second kappa shape index (κ2) is 11.1. The number of rotatable bonds is 5. The van der Waals surface area contributed by atoms with Crippen LogP contribution in [0.2, 0.25) is 0 Å². The molecule has 41 heavy (non-hydrogen) atoms. The van der Waals surface area contributed by atoms with Gasteiger partial charge in [0.15, 0.2) is 11.6 Å². The number of carbonyl (C=O) groups excluding carboxylic acids is 1. The number of piperidine rings is 1. The van der Waals surface area contributed by atoms with Gasteiger partial charge in [0.05, 0.1) is 27.9 Å². The zero-order chi connectivity index (χ0) is 29.4. The van der Waals surface area contributed by atoms with Gasteiger partial charge in [-0.25, -0.2) is 8.78 Å². The molecule has 1 atom stereocenters. The lowest BCUT2D eigenvalue weighted by atomic mass is 9.72. The molecule has 2 aromatic carbocycles. The highest BCUT2D eigenvalue weighted by Crippen LogP contribution is 2.40. The summed E-state index contributed by atoms with van der Waals surface area (Å²) in [4.78, 5) is 22.2. The van der Waals surface area contributed by atoms with Crippen molar-refractivity contribution in [3.05, 3.63) is 83.1 Å². The van der Waals surface area contributed by atoms with Crippen molar-refractivity contribution in [3.8, 4) is 17.3 Å². The van der Waals surface area contributed by atoms with Crippen LogP contribution in [0.4, 0.5) is 27.6 Å². The average molecular weight is 570 g/mol. The van der Waals surface area contributed by atoms with Gasteiger partial charge < -0.3 is 15.1 Å². The molecule has 2 saturated heterocycles. The quantitative estimate of drug-likeness (QED) is 0.424. The maximum Gasteiger partial charge on any atom is 0.416 e. The molecule has 1 amide bonds. The number of nitriles is 1. The van der Waals surface area contributed by atoms with Crippen LogP contribution < -0.4 is 10.2 Å². The molecule has 3 aromatic rings. The van der Waals surface area contributed by atoms with Gasteiger partial charge >= 0.3 is 6.18 Å². The Morgan fingerprint density at radius 2 is 1.85 bits per heavy atom. The summed E-state index contributed by atoms with van der Waals surface area (Å²) in [6.07, 6.45) is -1.64. The Hall–Kier alpha value is -4.04. The minimum atomic E-state index is -4.57. The maximum absolute atomic E-state index is 14.4. The maximum atomic E-state index is 14.4. The van der Waals surface area contributed by atoms with Crippen molar-refractivity contribution in [1.82, 2.24) is 15.2 Å². The lowest BCUT2D eigenvalue weighted by molar-refractivity contribution is -0.137. The Morgan fingerprint density at radius 1 is 1.10 bits per heavy atom. The highest BCUT2D eigenvalue weighted by Gasteiger charge is 2.44. The largest absolute Gasteiger partial charge is 0.416 e. The number of pyridine rings is 1. The molecule has 214 valence electrons. The number of halogens is 5. The van der Waals surface area contributed by atoms with Gasteiger partial charge in [-0.1, -0.05) is 12.1 Å². The molecule has 0 aliphatic carbocycles. The molecule has 1 aromatic heterocycles. The molecular weight excluding hydrogens is 541 g/mol. The summed E-state index contributed by atoms with van der Waals surface area (Å²) in [5.74, 6) is -2.18. The highest BCUT2D eigenvalue weighted by molar-refractivity contribution is 5.89. The summed E-state index contributed by atoms with van der Waals surface area (Å²) >= 11 is 0. The van der Waals surface area contributed by atoms with Crippen LogP contribution in [0.25, 0.3) is 11.3 Å². The van der Waals surface area contributed by atoms with E-state index >= 15 is 0 Å². The van der Waals surface area contributed by atoms with Gasteiger partial charge in [0.2, 0.25) is 5.91 Å². The van der Waals surface area contributed by atoms with E-state index in [0.717, 1.165) is 31.2 Å². The number of benzene rings is 2. The highest BCUT2D eigenvalue weighted by atomic mass is 19.4. The van der Waals surface area contributed by atoms with Crippen molar-refractivity contribution < 1.29 is 26.7 Å². The van der Waals surface area contributed by atoms with E-state index < -0.39 is 28.8 Å². The normalized spacial score (nSPS) is 19.1. The van der Waals surface area contributed by atoms with E-state index in [-0.39, 0.29) is 28.8 Å². The van der Waals surface area contributed by atoms with E-state index in [1.165, 1.54) is 24.4 Å². The van der Waals surface area contributed by atoms with Crippen LogP contribution in [0.1, 0.15) is 36.0 Å². The molecule has 2 aliphatic rings. The number of nitrogens with zero attached hydrogens (tertiary/aromatic N) is 4. The molecule has 3 heterocycles. The third-order valence-corrected chi connectivity index (χ3v) is 8.11. The predicted octanol–water partition coefficient (Wildman–Crippen LogP) is 5.28. The third-order valence-electron chi connectivity index (χ3n) is 8.11. The Bertz CT molecular complexity index is 1480. The van der Waals surface area contributed by atoms with Gasteiger partial charge in [-0.3, -0.25) is 9.78 Å². The second-order valence-electron chi connectivity index (χ2n) is 10.7. The molecule has 1 N–H and O–H groups in total. The monoisotopic (exact) mass is 569 g/mol. The molecular formula is C30H28F5N5O. The molecule has 2 aliphatic heterocycles. The van der Waals surface area contributed by atoms with E-state index in [1.54, 1.807) is 12.1 Å². The Balaban J connectivity index is 1.44. The molecule has 0 radical (unpaired) electrons. The zero-order valence-corrected chi connectivity index (χ0v) is 22.3. The van der Waals surface area contributed by atoms with Crippen LogP contribution in [0.3, 0.4) is 0 Å². The first kappa shape index (κ1) is 28.5. The van der Waals surface area contributed by atoms with Crippen molar-refractivity contribution in [2.24, 2.45) is 0 Å². The fourth-order valence-electron chi connectivity index (χ4n) is 5.77. The lowest BCUT2D eigenvalue weighted by Gasteiger charge is -2.42. The molecule has 2 fully saturated rings. The van der Waals surface area contributed by atoms with Crippen LogP contribution in [0.15, 0.2) is 54.7 Å². The minimum Gasteiger partial charge on any atom is -0.370 e. The fraction of sp³-hybridized carbons (Fsp3) is 0.367. The molecule has 0 unspecified atom stereocenters. The van der Waals surface area contributed by atoms with Crippen molar-refractivity contribution in [1.29, 1.82) is 5.26 Å². The Labute approximate surface area is 234 Å². The van der Waals surface area contributed by atoms with Crippen LogP contribution in [0.5, 0.6) is 0 Å². The molecule has 11 heteroatoms. The first-order chi connectivity index (χ1) is 19.5. The van der Waals surface area contributed by atoms with Crippen LogP contribution in [-0.2, 0) is 16.4 Å².